The summed E-state index contributed by atoms with van der Waals surface area (Å²) in [7, 11) is 0. The molecular weight excluding hydrogens is 220 g/mol. The molecule has 1 aliphatic rings. The molecule has 3 rings (SSSR count). The van der Waals surface area contributed by atoms with Gasteiger partial charge in [-0.25, -0.2) is 0 Å². The summed E-state index contributed by atoms with van der Waals surface area (Å²) in [6.45, 7) is 0. The lowest BCUT2D eigenvalue weighted by atomic mass is 10.0. The van der Waals surface area contributed by atoms with Crippen LogP contribution in [0.25, 0.3) is 0 Å². The number of fused-ring (bicyclic) bond motifs is 2. The molecule has 2 aromatic carbocycles. The molecule has 0 aliphatic carbocycles. The summed E-state index contributed by atoms with van der Waals surface area (Å²) < 4.78 is 0. The Hall–Kier alpha value is -1.61. The zero-order chi connectivity index (χ0) is 11.1. The van der Waals surface area contributed by atoms with Crippen molar-refractivity contribution in [2.24, 2.45) is 0 Å². The lowest BCUT2D eigenvalue weighted by Crippen LogP contribution is -1.98. The third-order valence-corrected chi connectivity index (χ3v) is 3.91. The SMILES string of the molecule is Oc1ccc2c(c1)Cc1ccc(O)cc1S2. The van der Waals surface area contributed by atoms with Gasteiger partial charge in [-0.2, -0.15) is 0 Å². The highest BCUT2D eigenvalue weighted by molar-refractivity contribution is 7.99. The van der Waals surface area contributed by atoms with Gasteiger partial charge in [-0.15, -0.1) is 0 Å². The number of benzene rings is 2. The highest BCUT2D eigenvalue weighted by Crippen LogP contribution is 2.41. The molecule has 1 aliphatic heterocycles. The maximum Gasteiger partial charge on any atom is 0.116 e. The first-order valence-corrected chi connectivity index (χ1v) is 5.86. The monoisotopic (exact) mass is 230 g/mol. The molecule has 0 saturated heterocycles. The van der Waals surface area contributed by atoms with E-state index in [0.29, 0.717) is 11.5 Å². The minimum Gasteiger partial charge on any atom is -0.508 e. The second kappa shape index (κ2) is 3.46. The van der Waals surface area contributed by atoms with E-state index in [1.807, 2.05) is 12.1 Å². The predicted molar refractivity (Wildman–Crippen MR) is 63.1 cm³/mol. The Balaban J connectivity index is 2.09. The first-order chi connectivity index (χ1) is 7.72. The van der Waals surface area contributed by atoms with Gasteiger partial charge in [0.05, 0.1) is 0 Å². The summed E-state index contributed by atoms with van der Waals surface area (Å²) in [4.78, 5) is 2.24. The molecule has 80 valence electrons. The smallest absolute Gasteiger partial charge is 0.116 e. The number of phenols is 2. The van der Waals surface area contributed by atoms with Crippen molar-refractivity contribution in [1.29, 1.82) is 0 Å². The van der Waals surface area contributed by atoms with Gasteiger partial charge in [-0.1, -0.05) is 17.8 Å². The summed E-state index contributed by atoms with van der Waals surface area (Å²) in [6.07, 6.45) is 0.812. The van der Waals surface area contributed by atoms with E-state index in [2.05, 4.69) is 0 Å². The van der Waals surface area contributed by atoms with Crippen LogP contribution in [0.1, 0.15) is 11.1 Å². The average molecular weight is 230 g/mol. The van der Waals surface area contributed by atoms with E-state index in [0.717, 1.165) is 21.8 Å². The molecule has 0 atom stereocenters. The average Bonchev–Trinajstić information content (AvgIpc) is 2.26. The summed E-state index contributed by atoms with van der Waals surface area (Å²) in [6, 6.07) is 10.8. The van der Waals surface area contributed by atoms with Crippen LogP contribution >= 0.6 is 11.8 Å². The van der Waals surface area contributed by atoms with Crippen LogP contribution < -0.4 is 0 Å². The minimum atomic E-state index is 0.300. The number of aromatic hydroxyl groups is 2. The summed E-state index contributed by atoms with van der Waals surface area (Å²) in [5.74, 6) is 0.607. The van der Waals surface area contributed by atoms with Crippen molar-refractivity contribution < 1.29 is 10.2 Å². The number of rotatable bonds is 0. The van der Waals surface area contributed by atoms with Gasteiger partial charge < -0.3 is 10.2 Å². The largest absolute Gasteiger partial charge is 0.508 e. The fourth-order valence-corrected chi connectivity index (χ4v) is 3.00. The van der Waals surface area contributed by atoms with E-state index in [1.165, 1.54) is 5.56 Å². The molecule has 0 spiro atoms. The maximum absolute atomic E-state index is 9.43. The standard InChI is InChI=1S/C13H10O2S/c14-10-3-4-12-9(6-10)5-8-1-2-11(15)7-13(8)16-12/h1-4,6-7,14-15H,5H2. The highest BCUT2D eigenvalue weighted by Gasteiger charge is 2.16. The topological polar surface area (TPSA) is 40.5 Å². The van der Waals surface area contributed by atoms with Gasteiger partial charge in [-0.3, -0.25) is 0 Å². The van der Waals surface area contributed by atoms with E-state index in [-0.39, 0.29) is 0 Å². The third-order valence-electron chi connectivity index (χ3n) is 2.70. The fourth-order valence-electron chi connectivity index (χ4n) is 1.91. The van der Waals surface area contributed by atoms with Crippen LogP contribution in [0.5, 0.6) is 11.5 Å². The second-order valence-electron chi connectivity index (χ2n) is 3.86. The third kappa shape index (κ3) is 1.53. The molecule has 2 N–H and O–H groups in total. The second-order valence-corrected chi connectivity index (χ2v) is 4.95. The molecular formula is C13H10O2S. The van der Waals surface area contributed by atoms with Crippen LogP contribution in [-0.2, 0) is 6.42 Å². The minimum absolute atomic E-state index is 0.300. The van der Waals surface area contributed by atoms with Crippen molar-refractivity contribution >= 4 is 11.8 Å². The van der Waals surface area contributed by atoms with Gasteiger partial charge >= 0.3 is 0 Å². The number of hydrogen-bond donors (Lipinski definition) is 2. The van der Waals surface area contributed by atoms with Gasteiger partial charge in [0, 0.05) is 9.79 Å². The Morgan fingerprint density at radius 1 is 0.812 bits per heavy atom. The predicted octanol–water partition coefficient (Wildman–Crippen LogP) is 3.15. The van der Waals surface area contributed by atoms with Crippen molar-refractivity contribution in [3.63, 3.8) is 0 Å². The first-order valence-electron chi connectivity index (χ1n) is 5.04. The molecule has 0 bridgehead atoms. The first kappa shape index (κ1) is 9.60. The zero-order valence-corrected chi connectivity index (χ0v) is 9.29. The molecule has 3 heteroatoms. The van der Waals surface area contributed by atoms with Crippen molar-refractivity contribution in [3.8, 4) is 11.5 Å². The van der Waals surface area contributed by atoms with E-state index in [1.54, 1.807) is 36.0 Å². The molecule has 0 amide bonds. The van der Waals surface area contributed by atoms with Crippen molar-refractivity contribution in [2.45, 2.75) is 16.2 Å². The van der Waals surface area contributed by atoms with Crippen LogP contribution in [0, 0.1) is 0 Å². The molecule has 0 saturated carbocycles. The van der Waals surface area contributed by atoms with Crippen LogP contribution in [0.3, 0.4) is 0 Å². The van der Waals surface area contributed by atoms with Crippen molar-refractivity contribution in [1.82, 2.24) is 0 Å². The lowest BCUT2D eigenvalue weighted by Gasteiger charge is -2.18. The molecule has 1 heterocycles. The van der Waals surface area contributed by atoms with Gasteiger partial charge in [-0.05, 0) is 47.9 Å². The summed E-state index contributed by atoms with van der Waals surface area (Å²) >= 11 is 1.63. The fraction of sp³-hybridized carbons (Fsp3) is 0.0769. The highest BCUT2D eigenvalue weighted by atomic mass is 32.2. The molecule has 2 nitrogen and oxygen atoms in total. The van der Waals surface area contributed by atoms with Gasteiger partial charge in [0.25, 0.3) is 0 Å². The Labute approximate surface area is 97.6 Å². The van der Waals surface area contributed by atoms with Crippen LogP contribution in [-0.4, -0.2) is 10.2 Å². The van der Waals surface area contributed by atoms with Crippen LogP contribution in [0.4, 0.5) is 0 Å². The molecule has 2 aromatic rings. The molecule has 0 unspecified atom stereocenters. The van der Waals surface area contributed by atoms with E-state index in [9.17, 15) is 10.2 Å². The van der Waals surface area contributed by atoms with E-state index in [4.69, 9.17) is 0 Å². The van der Waals surface area contributed by atoms with Gasteiger partial charge in [0.15, 0.2) is 0 Å². The quantitative estimate of drug-likeness (QED) is 0.623. The van der Waals surface area contributed by atoms with E-state index < -0.39 is 0 Å². The summed E-state index contributed by atoms with van der Waals surface area (Å²) in [5, 5.41) is 18.9. The van der Waals surface area contributed by atoms with Crippen LogP contribution in [0.2, 0.25) is 0 Å². The zero-order valence-electron chi connectivity index (χ0n) is 8.47. The van der Waals surface area contributed by atoms with E-state index >= 15 is 0 Å². The number of phenolic OH excluding ortho intramolecular Hbond substituents is 2. The van der Waals surface area contributed by atoms with Crippen molar-refractivity contribution in [2.75, 3.05) is 0 Å². The van der Waals surface area contributed by atoms with Gasteiger partial charge in [0.2, 0.25) is 0 Å². The Bertz CT molecular complexity index is 512. The molecule has 0 aromatic heterocycles. The Morgan fingerprint density at radius 3 is 2.44 bits per heavy atom. The number of hydrogen-bond acceptors (Lipinski definition) is 3. The van der Waals surface area contributed by atoms with Gasteiger partial charge in [0.1, 0.15) is 11.5 Å². The molecule has 16 heavy (non-hydrogen) atoms. The van der Waals surface area contributed by atoms with Crippen molar-refractivity contribution in [3.05, 3.63) is 47.5 Å². The molecule has 0 fully saturated rings. The normalized spacial score (nSPS) is 13.0. The summed E-state index contributed by atoms with van der Waals surface area (Å²) in [5.41, 5.74) is 2.34. The van der Waals surface area contributed by atoms with Crippen LogP contribution in [0.15, 0.2) is 46.2 Å². The lowest BCUT2D eigenvalue weighted by molar-refractivity contribution is 0.472. The molecule has 0 radical (unpaired) electrons. The maximum atomic E-state index is 9.43. The Morgan fingerprint density at radius 2 is 1.56 bits per heavy atom. The Kier molecular flexibility index (Phi) is 2.07.